The van der Waals surface area contributed by atoms with Crippen LogP contribution in [0.15, 0.2) is 48.5 Å². The quantitative estimate of drug-likeness (QED) is 0.262. The second-order valence-corrected chi connectivity index (χ2v) is 14.4. The summed E-state index contributed by atoms with van der Waals surface area (Å²) in [6.45, 7) is 7.98. The molecule has 0 radical (unpaired) electrons. The van der Waals surface area contributed by atoms with Gasteiger partial charge < -0.3 is 4.74 Å². The lowest BCUT2D eigenvalue weighted by atomic mass is 9.96. The average molecular weight is 423 g/mol. The zero-order valence-corrected chi connectivity index (χ0v) is 20.6. The molecule has 1 nitrogen and oxygen atoms in total. The van der Waals surface area contributed by atoms with Crippen LogP contribution in [0.3, 0.4) is 0 Å². The number of unbranched alkanes of at least 4 members (excludes halogenated alkanes) is 4. The van der Waals surface area contributed by atoms with Gasteiger partial charge in [0.25, 0.3) is 0 Å². The van der Waals surface area contributed by atoms with Crippen LogP contribution in [0.25, 0.3) is 11.1 Å². The third kappa shape index (κ3) is 6.48. The minimum absolute atomic E-state index is 0.824. The molecular formula is C28H42OSi. The maximum Gasteiger partial charge on any atom is 0.119 e. The summed E-state index contributed by atoms with van der Waals surface area (Å²) in [6.07, 6.45) is 12.2. The Morgan fingerprint density at radius 3 is 1.93 bits per heavy atom. The molecule has 1 fully saturated rings. The van der Waals surface area contributed by atoms with Gasteiger partial charge in [0, 0.05) is 0 Å². The minimum atomic E-state index is -1.28. The van der Waals surface area contributed by atoms with Crippen molar-refractivity contribution in [3.63, 3.8) is 0 Å². The molecule has 0 unspecified atom stereocenters. The van der Waals surface area contributed by atoms with E-state index in [1.54, 1.807) is 5.19 Å². The van der Waals surface area contributed by atoms with Gasteiger partial charge in [0.2, 0.25) is 0 Å². The van der Waals surface area contributed by atoms with E-state index in [1.165, 1.54) is 74.6 Å². The van der Waals surface area contributed by atoms with Crippen molar-refractivity contribution in [2.75, 3.05) is 6.61 Å². The zero-order chi connectivity index (χ0) is 21.2. The Hall–Kier alpha value is -1.54. The van der Waals surface area contributed by atoms with E-state index >= 15 is 0 Å². The zero-order valence-electron chi connectivity index (χ0n) is 19.6. The first kappa shape index (κ1) is 23.1. The van der Waals surface area contributed by atoms with Gasteiger partial charge in [-0.2, -0.15) is 0 Å². The number of benzene rings is 2. The Bertz CT molecular complexity index is 726. The molecule has 0 amide bonds. The van der Waals surface area contributed by atoms with Gasteiger partial charge in [-0.25, -0.2) is 0 Å². The predicted molar refractivity (Wildman–Crippen MR) is 135 cm³/mol. The van der Waals surface area contributed by atoms with Crippen LogP contribution in [-0.4, -0.2) is 14.7 Å². The molecule has 0 saturated carbocycles. The molecule has 1 saturated heterocycles. The van der Waals surface area contributed by atoms with E-state index in [1.807, 2.05) is 0 Å². The Morgan fingerprint density at radius 1 is 0.767 bits per heavy atom. The Kier molecular flexibility index (Phi) is 9.05. The van der Waals surface area contributed by atoms with Gasteiger partial charge in [0.05, 0.1) is 14.7 Å². The highest BCUT2D eigenvalue weighted by molar-refractivity contribution is 6.91. The lowest BCUT2D eigenvalue weighted by molar-refractivity contribution is 0.306. The van der Waals surface area contributed by atoms with Crippen molar-refractivity contribution in [1.29, 1.82) is 0 Å². The number of hydrogen-bond donors (Lipinski definition) is 0. The number of ether oxygens (including phenoxy) is 1. The van der Waals surface area contributed by atoms with Crippen molar-refractivity contribution in [2.45, 2.75) is 90.3 Å². The molecule has 1 heterocycles. The highest BCUT2D eigenvalue weighted by atomic mass is 28.3. The van der Waals surface area contributed by atoms with E-state index in [9.17, 15) is 0 Å². The van der Waals surface area contributed by atoms with Crippen molar-refractivity contribution < 1.29 is 4.74 Å². The fourth-order valence-corrected chi connectivity index (χ4v) is 8.82. The lowest BCUT2D eigenvalue weighted by Crippen LogP contribution is -2.47. The summed E-state index contributed by atoms with van der Waals surface area (Å²) in [6, 6.07) is 21.2. The summed E-state index contributed by atoms with van der Waals surface area (Å²) in [5.74, 6) is 1.99. The molecular weight excluding hydrogens is 380 g/mol. The summed E-state index contributed by atoms with van der Waals surface area (Å²) < 4.78 is 5.86. The first-order valence-corrected chi connectivity index (χ1v) is 15.4. The topological polar surface area (TPSA) is 9.23 Å². The molecule has 30 heavy (non-hydrogen) atoms. The van der Waals surface area contributed by atoms with Gasteiger partial charge in [0.15, 0.2) is 0 Å². The molecule has 164 valence electrons. The maximum atomic E-state index is 5.86. The van der Waals surface area contributed by atoms with Crippen LogP contribution in [0.1, 0.15) is 71.6 Å². The maximum absolute atomic E-state index is 5.86. The smallest absolute Gasteiger partial charge is 0.119 e. The molecule has 0 atom stereocenters. The van der Waals surface area contributed by atoms with Crippen molar-refractivity contribution in [2.24, 2.45) is 5.92 Å². The summed E-state index contributed by atoms with van der Waals surface area (Å²) in [5, 5.41) is 1.66. The molecule has 2 aromatic rings. The summed E-state index contributed by atoms with van der Waals surface area (Å²) in [5.41, 5.74) is 2.61. The van der Waals surface area contributed by atoms with Crippen LogP contribution in [-0.2, 0) is 0 Å². The van der Waals surface area contributed by atoms with Crippen LogP contribution in [0.4, 0.5) is 0 Å². The Balaban J connectivity index is 1.54. The van der Waals surface area contributed by atoms with Crippen molar-refractivity contribution >= 4 is 13.3 Å². The average Bonchev–Trinajstić information content (AvgIpc) is 2.79. The van der Waals surface area contributed by atoms with Gasteiger partial charge in [-0.15, -0.1) is 0 Å². The van der Waals surface area contributed by atoms with Gasteiger partial charge >= 0.3 is 0 Å². The van der Waals surface area contributed by atoms with E-state index in [-0.39, 0.29) is 0 Å². The van der Waals surface area contributed by atoms with Gasteiger partial charge in [0.1, 0.15) is 5.75 Å². The Labute approximate surface area is 186 Å². The SMILES string of the molecule is CCCCCOc1ccc(-c2ccc([Si]3(C)CCC(CCCCC)CC3)cc2)cc1. The first-order chi connectivity index (χ1) is 14.6. The molecule has 0 aromatic heterocycles. The first-order valence-electron chi connectivity index (χ1n) is 12.5. The van der Waals surface area contributed by atoms with Gasteiger partial charge in [-0.05, 0) is 35.6 Å². The molecule has 1 aliphatic rings. The van der Waals surface area contributed by atoms with Crippen LogP contribution in [0.2, 0.25) is 18.6 Å². The standard InChI is InChI=1S/C28H42OSi/c1-4-6-8-10-24-19-22-30(3,23-20-24)28-17-13-26(14-18-28)25-11-15-27(16-12-25)29-21-9-7-5-2/h11-18,24H,4-10,19-23H2,1-3H3. The van der Waals surface area contributed by atoms with E-state index in [2.05, 4.69) is 68.9 Å². The summed E-state index contributed by atoms with van der Waals surface area (Å²) in [7, 11) is -1.28. The van der Waals surface area contributed by atoms with Crippen molar-refractivity contribution in [1.82, 2.24) is 0 Å². The lowest BCUT2D eigenvalue weighted by Gasteiger charge is -2.36. The molecule has 0 N–H and O–H groups in total. The van der Waals surface area contributed by atoms with Crippen LogP contribution >= 0.6 is 0 Å². The van der Waals surface area contributed by atoms with E-state index in [0.29, 0.717) is 0 Å². The predicted octanol–water partition coefficient (Wildman–Crippen LogP) is 8.20. The van der Waals surface area contributed by atoms with Crippen LogP contribution in [0.5, 0.6) is 5.75 Å². The molecule has 0 aliphatic carbocycles. The third-order valence-corrected chi connectivity index (χ3v) is 11.7. The van der Waals surface area contributed by atoms with Gasteiger partial charge in [-0.3, -0.25) is 0 Å². The van der Waals surface area contributed by atoms with Crippen molar-refractivity contribution in [3.8, 4) is 16.9 Å². The molecule has 0 bridgehead atoms. The van der Waals surface area contributed by atoms with E-state index in [0.717, 1.165) is 24.7 Å². The number of rotatable bonds is 11. The van der Waals surface area contributed by atoms with E-state index < -0.39 is 8.07 Å². The fourth-order valence-electron chi connectivity index (χ4n) is 4.93. The van der Waals surface area contributed by atoms with Crippen molar-refractivity contribution in [3.05, 3.63) is 48.5 Å². The number of hydrogen-bond acceptors (Lipinski definition) is 1. The summed E-state index contributed by atoms with van der Waals surface area (Å²) in [4.78, 5) is 0. The highest BCUT2D eigenvalue weighted by Gasteiger charge is 2.34. The van der Waals surface area contributed by atoms with Crippen LogP contribution in [0, 0.1) is 5.92 Å². The summed E-state index contributed by atoms with van der Waals surface area (Å²) >= 11 is 0. The molecule has 1 aliphatic heterocycles. The fraction of sp³-hybridized carbons (Fsp3) is 0.571. The normalized spacial score (nSPS) is 21.5. The van der Waals surface area contributed by atoms with Gasteiger partial charge in [-0.1, -0.05) is 125 Å². The highest BCUT2D eigenvalue weighted by Crippen LogP contribution is 2.35. The largest absolute Gasteiger partial charge is 0.494 e. The Morgan fingerprint density at radius 2 is 1.33 bits per heavy atom. The second kappa shape index (κ2) is 11.7. The molecule has 2 heteroatoms. The van der Waals surface area contributed by atoms with E-state index in [4.69, 9.17) is 4.74 Å². The monoisotopic (exact) mass is 422 g/mol. The van der Waals surface area contributed by atoms with Crippen LogP contribution < -0.4 is 9.92 Å². The third-order valence-electron chi connectivity index (χ3n) is 7.21. The molecule has 2 aromatic carbocycles. The molecule has 0 spiro atoms. The minimum Gasteiger partial charge on any atom is -0.494 e. The molecule has 3 rings (SSSR count). The second-order valence-electron chi connectivity index (χ2n) is 9.66.